The second-order valence-corrected chi connectivity index (χ2v) is 7.46. The number of aromatic nitrogens is 1. The lowest BCUT2D eigenvalue weighted by Crippen LogP contribution is -2.37. The van der Waals surface area contributed by atoms with Crippen molar-refractivity contribution in [2.24, 2.45) is 5.92 Å². The van der Waals surface area contributed by atoms with Crippen molar-refractivity contribution in [3.05, 3.63) is 22.5 Å². The van der Waals surface area contributed by atoms with Crippen molar-refractivity contribution in [3.63, 3.8) is 0 Å². The summed E-state index contributed by atoms with van der Waals surface area (Å²) in [7, 11) is 0. The van der Waals surface area contributed by atoms with Crippen LogP contribution in [-0.4, -0.2) is 47.6 Å². The minimum Gasteiger partial charge on any atom is -0.461 e. The van der Waals surface area contributed by atoms with Gasteiger partial charge >= 0.3 is 5.97 Å². The molecule has 0 radical (unpaired) electrons. The number of amides is 1. The van der Waals surface area contributed by atoms with Gasteiger partial charge in [-0.15, -0.1) is 0 Å². The van der Waals surface area contributed by atoms with Crippen LogP contribution in [0, 0.1) is 19.8 Å². The molecule has 146 valence electrons. The van der Waals surface area contributed by atoms with Crippen molar-refractivity contribution in [1.29, 1.82) is 0 Å². The molecule has 1 amide bonds. The summed E-state index contributed by atoms with van der Waals surface area (Å²) in [5.74, 6) is 0.0877. The van der Waals surface area contributed by atoms with Gasteiger partial charge in [-0.25, -0.2) is 4.79 Å². The molecule has 1 aliphatic rings. The van der Waals surface area contributed by atoms with Crippen molar-refractivity contribution in [2.75, 3.05) is 19.8 Å². The third-order valence-corrected chi connectivity index (χ3v) is 4.80. The number of nitrogens with one attached hydrogen (secondary N) is 1. The minimum atomic E-state index is -0.349. The predicted octanol–water partition coefficient (Wildman–Crippen LogP) is 3.36. The first-order valence-electron chi connectivity index (χ1n) is 9.58. The summed E-state index contributed by atoms with van der Waals surface area (Å²) in [5.41, 5.74) is 3.23. The Morgan fingerprint density at radius 3 is 2.65 bits per heavy atom. The van der Waals surface area contributed by atoms with Crippen molar-refractivity contribution >= 4 is 11.9 Å². The lowest BCUT2D eigenvalue weighted by molar-refractivity contribution is -0.134. The summed E-state index contributed by atoms with van der Waals surface area (Å²) in [6.07, 6.45) is 2.66. The van der Waals surface area contributed by atoms with E-state index in [0.717, 1.165) is 36.3 Å². The van der Waals surface area contributed by atoms with Crippen molar-refractivity contribution in [2.45, 2.75) is 66.5 Å². The normalized spacial score (nSPS) is 16.9. The van der Waals surface area contributed by atoms with E-state index in [-0.39, 0.29) is 18.0 Å². The molecule has 2 heterocycles. The smallest absolute Gasteiger partial charge is 0.355 e. The number of carbonyl (C=O) groups excluding carboxylic acids is 2. The number of ether oxygens (including phenoxy) is 2. The molecule has 1 aliphatic heterocycles. The fourth-order valence-corrected chi connectivity index (χ4v) is 3.39. The molecular weight excluding hydrogens is 332 g/mol. The molecule has 0 saturated carbocycles. The maximum atomic E-state index is 12.8. The number of hydrogen-bond donors (Lipinski definition) is 1. The molecule has 0 spiro atoms. The zero-order valence-electron chi connectivity index (χ0n) is 16.7. The third-order valence-electron chi connectivity index (χ3n) is 4.80. The molecule has 1 unspecified atom stereocenters. The second-order valence-electron chi connectivity index (χ2n) is 7.46. The highest BCUT2D eigenvalue weighted by Crippen LogP contribution is 2.23. The van der Waals surface area contributed by atoms with Crippen molar-refractivity contribution in [1.82, 2.24) is 9.88 Å². The van der Waals surface area contributed by atoms with Gasteiger partial charge in [0.15, 0.2) is 0 Å². The van der Waals surface area contributed by atoms with Gasteiger partial charge in [0.1, 0.15) is 5.69 Å². The van der Waals surface area contributed by atoms with E-state index in [9.17, 15) is 9.59 Å². The van der Waals surface area contributed by atoms with Gasteiger partial charge in [0.2, 0.25) is 5.91 Å². The Labute approximate surface area is 156 Å². The zero-order valence-corrected chi connectivity index (χ0v) is 16.7. The zero-order chi connectivity index (χ0) is 19.3. The quantitative estimate of drug-likeness (QED) is 0.718. The van der Waals surface area contributed by atoms with Crippen LogP contribution in [0.4, 0.5) is 0 Å². The lowest BCUT2D eigenvalue weighted by atomic mass is 10.1. The van der Waals surface area contributed by atoms with Crippen LogP contribution in [0.2, 0.25) is 0 Å². The Morgan fingerprint density at radius 1 is 1.35 bits per heavy atom. The molecule has 1 N–H and O–H groups in total. The number of aromatic amines is 1. The highest BCUT2D eigenvalue weighted by molar-refractivity contribution is 5.90. The Hall–Kier alpha value is -1.82. The Balaban J connectivity index is 2.20. The van der Waals surface area contributed by atoms with E-state index in [2.05, 4.69) is 4.98 Å². The van der Waals surface area contributed by atoms with Crippen molar-refractivity contribution < 1.29 is 19.1 Å². The average Bonchev–Trinajstić information content (AvgIpc) is 3.16. The Morgan fingerprint density at radius 2 is 2.08 bits per heavy atom. The van der Waals surface area contributed by atoms with Crippen LogP contribution in [0.25, 0.3) is 0 Å². The maximum Gasteiger partial charge on any atom is 0.355 e. The minimum absolute atomic E-state index is 0.107. The monoisotopic (exact) mass is 364 g/mol. The summed E-state index contributed by atoms with van der Waals surface area (Å²) in [5, 5.41) is 0. The Bertz CT molecular complexity index is 630. The SMILES string of the molecule is CCOC(=O)c1[nH]c(C)c(CN(CC2CCCO2)C(=O)CC(C)C)c1C. The molecule has 1 aromatic rings. The third kappa shape index (κ3) is 5.10. The summed E-state index contributed by atoms with van der Waals surface area (Å²) in [6, 6.07) is 0. The summed E-state index contributed by atoms with van der Waals surface area (Å²) < 4.78 is 10.9. The van der Waals surface area contributed by atoms with Crippen LogP contribution in [0.3, 0.4) is 0 Å². The molecule has 26 heavy (non-hydrogen) atoms. The molecule has 6 nitrogen and oxygen atoms in total. The fourth-order valence-electron chi connectivity index (χ4n) is 3.39. The lowest BCUT2D eigenvalue weighted by Gasteiger charge is -2.27. The maximum absolute atomic E-state index is 12.8. The molecule has 2 rings (SSSR count). The van der Waals surface area contributed by atoms with Crippen LogP contribution in [0.15, 0.2) is 0 Å². The highest BCUT2D eigenvalue weighted by Gasteiger charge is 2.26. The van der Waals surface area contributed by atoms with Gasteiger partial charge in [-0.2, -0.15) is 0 Å². The number of rotatable bonds is 8. The molecule has 6 heteroatoms. The van der Waals surface area contributed by atoms with Gasteiger partial charge in [0.05, 0.1) is 12.7 Å². The molecular formula is C20H32N2O4. The largest absolute Gasteiger partial charge is 0.461 e. The number of H-pyrrole nitrogens is 1. The van der Waals surface area contributed by atoms with Gasteiger partial charge in [-0.1, -0.05) is 13.8 Å². The first-order chi connectivity index (χ1) is 12.3. The topological polar surface area (TPSA) is 71.6 Å². The van der Waals surface area contributed by atoms with E-state index in [4.69, 9.17) is 9.47 Å². The van der Waals surface area contributed by atoms with E-state index < -0.39 is 0 Å². The molecule has 1 saturated heterocycles. The van der Waals surface area contributed by atoms with Gasteiger partial charge in [0, 0.05) is 31.8 Å². The summed E-state index contributed by atoms with van der Waals surface area (Å²) in [6.45, 7) is 11.9. The van der Waals surface area contributed by atoms with Crippen LogP contribution in [0.1, 0.15) is 67.3 Å². The molecule has 1 atom stereocenters. The number of aryl methyl sites for hydroxylation is 1. The molecule has 1 fully saturated rings. The van der Waals surface area contributed by atoms with Crippen LogP contribution >= 0.6 is 0 Å². The van der Waals surface area contributed by atoms with Gasteiger partial charge in [-0.05, 0) is 50.7 Å². The molecule has 0 aromatic carbocycles. The number of hydrogen-bond acceptors (Lipinski definition) is 4. The first-order valence-corrected chi connectivity index (χ1v) is 9.58. The summed E-state index contributed by atoms with van der Waals surface area (Å²) >= 11 is 0. The number of nitrogens with zero attached hydrogens (tertiary/aromatic N) is 1. The molecule has 1 aromatic heterocycles. The van der Waals surface area contributed by atoms with Gasteiger partial charge in [-0.3, -0.25) is 4.79 Å². The number of esters is 1. The Kier molecular flexibility index (Phi) is 7.26. The van der Waals surface area contributed by atoms with Crippen LogP contribution in [-0.2, 0) is 20.8 Å². The number of carbonyl (C=O) groups is 2. The van der Waals surface area contributed by atoms with E-state index >= 15 is 0 Å². The predicted molar refractivity (Wildman–Crippen MR) is 100 cm³/mol. The fraction of sp³-hybridized carbons (Fsp3) is 0.700. The second kappa shape index (κ2) is 9.21. The van der Waals surface area contributed by atoms with E-state index in [0.29, 0.717) is 37.7 Å². The van der Waals surface area contributed by atoms with Gasteiger partial charge < -0.3 is 19.4 Å². The summed E-state index contributed by atoms with van der Waals surface area (Å²) in [4.78, 5) is 29.9. The highest BCUT2D eigenvalue weighted by atomic mass is 16.5. The average molecular weight is 364 g/mol. The van der Waals surface area contributed by atoms with Crippen LogP contribution in [0.5, 0.6) is 0 Å². The van der Waals surface area contributed by atoms with E-state index in [1.165, 1.54) is 0 Å². The molecule has 0 aliphatic carbocycles. The van der Waals surface area contributed by atoms with Crippen molar-refractivity contribution in [3.8, 4) is 0 Å². The van der Waals surface area contributed by atoms with E-state index in [1.807, 2.05) is 32.6 Å². The first kappa shape index (κ1) is 20.5. The van der Waals surface area contributed by atoms with E-state index in [1.54, 1.807) is 6.92 Å². The standard InChI is InChI=1S/C20H32N2O4/c1-6-25-20(24)19-14(4)17(15(5)21-19)12-22(18(23)10-13(2)3)11-16-8-7-9-26-16/h13,16,21H,6-12H2,1-5H3. The van der Waals surface area contributed by atoms with Gasteiger partial charge in [0.25, 0.3) is 0 Å². The van der Waals surface area contributed by atoms with Crippen LogP contribution < -0.4 is 0 Å². The molecule has 0 bridgehead atoms.